The van der Waals surface area contributed by atoms with E-state index >= 15 is 0 Å². The highest BCUT2D eigenvalue weighted by Crippen LogP contribution is 2.26. The van der Waals surface area contributed by atoms with E-state index in [1.165, 1.54) is 11.1 Å². The third kappa shape index (κ3) is 3.19. The van der Waals surface area contributed by atoms with Gasteiger partial charge in [0.15, 0.2) is 0 Å². The summed E-state index contributed by atoms with van der Waals surface area (Å²) >= 11 is 1.68. The molecule has 4 rings (SSSR count). The van der Waals surface area contributed by atoms with Crippen LogP contribution in [0.2, 0.25) is 0 Å². The molecule has 122 valence electrons. The van der Waals surface area contributed by atoms with Crippen molar-refractivity contribution in [1.29, 1.82) is 0 Å². The fourth-order valence-corrected chi connectivity index (χ4v) is 3.72. The highest BCUT2D eigenvalue weighted by Gasteiger charge is 2.11. The Kier molecular flexibility index (Phi) is 4.32. The molecule has 0 saturated heterocycles. The summed E-state index contributed by atoms with van der Waals surface area (Å²) in [4.78, 5) is 12.7. The number of hydrogen-bond donors (Lipinski definition) is 1. The van der Waals surface area contributed by atoms with Crippen molar-refractivity contribution in [1.82, 2.24) is 5.32 Å². The maximum Gasteiger partial charge on any atom is 0.252 e. The zero-order valence-corrected chi connectivity index (χ0v) is 14.4. The van der Waals surface area contributed by atoms with Crippen molar-refractivity contribution in [2.45, 2.75) is 6.54 Å². The maximum atomic E-state index is 12.7. The SMILES string of the molecule is O=C(NCc1ccccc1-c1ccsc1)c1cccc2ccccc12. The first-order valence-electron chi connectivity index (χ1n) is 8.19. The molecular weight excluding hydrogens is 326 g/mol. The van der Waals surface area contributed by atoms with Gasteiger partial charge in [0.05, 0.1) is 0 Å². The predicted octanol–water partition coefficient (Wildman–Crippen LogP) is 5.50. The second-order valence-electron chi connectivity index (χ2n) is 5.88. The van der Waals surface area contributed by atoms with Crippen LogP contribution in [0.25, 0.3) is 21.9 Å². The molecule has 0 saturated carbocycles. The van der Waals surface area contributed by atoms with Crippen molar-refractivity contribution < 1.29 is 4.79 Å². The highest BCUT2D eigenvalue weighted by molar-refractivity contribution is 7.08. The smallest absolute Gasteiger partial charge is 0.252 e. The molecule has 1 heterocycles. The number of benzene rings is 3. The van der Waals surface area contributed by atoms with Crippen molar-refractivity contribution in [3.05, 3.63) is 94.7 Å². The number of amides is 1. The van der Waals surface area contributed by atoms with Crippen molar-refractivity contribution >= 4 is 28.0 Å². The third-order valence-electron chi connectivity index (χ3n) is 4.32. The van der Waals surface area contributed by atoms with Gasteiger partial charge in [0.1, 0.15) is 0 Å². The standard InChI is InChI=1S/C22H17NOS/c24-22(21-11-5-8-16-6-1-4-10-20(16)21)23-14-17-7-2-3-9-19(17)18-12-13-25-15-18/h1-13,15H,14H2,(H,23,24). The Labute approximate surface area is 150 Å². The molecule has 0 spiro atoms. The monoisotopic (exact) mass is 343 g/mol. The van der Waals surface area contributed by atoms with Crippen molar-refractivity contribution in [3.63, 3.8) is 0 Å². The Bertz CT molecular complexity index is 1020. The average Bonchev–Trinajstić information content (AvgIpc) is 3.20. The zero-order chi connectivity index (χ0) is 17.1. The molecule has 1 aromatic heterocycles. The molecule has 25 heavy (non-hydrogen) atoms. The van der Waals surface area contributed by atoms with Crippen LogP contribution in [-0.2, 0) is 6.54 Å². The molecule has 0 radical (unpaired) electrons. The topological polar surface area (TPSA) is 29.1 Å². The van der Waals surface area contributed by atoms with E-state index < -0.39 is 0 Å². The summed E-state index contributed by atoms with van der Waals surface area (Å²) in [5.74, 6) is -0.0445. The third-order valence-corrected chi connectivity index (χ3v) is 5.01. The van der Waals surface area contributed by atoms with E-state index in [1.807, 2.05) is 54.6 Å². The summed E-state index contributed by atoms with van der Waals surface area (Å²) in [6.07, 6.45) is 0. The number of thiophene rings is 1. The van der Waals surface area contributed by atoms with Crippen molar-refractivity contribution in [3.8, 4) is 11.1 Å². The predicted molar refractivity (Wildman–Crippen MR) is 105 cm³/mol. The van der Waals surface area contributed by atoms with Crippen LogP contribution in [0.15, 0.2) is 83.6 Å². The fourth-order valence-electron chi connectivity index (χ4n) is 3.07. The molecule has 1 amide bonds. The van der Waals surface area contributed by atoms with Crippen LogP contribution < -0.4 is 5.32 Å². The summed E-state index contributed by atoms with van der Waals surface area (Å²) in [6.45, 7) is 0.508. The molecule has 3 heteroatoms. The Hall–Kier alpha value is -2.91. The van der Waals surface area contributed by atoms with Gasteiger partial charge in [0.25, 0.3) is 5.91 Å². The van der Waals surface area contributed by atoms with Crippen molar-refractivity contribution in [2.24, 2.45) is 0 Å². The molecule has 0 bridgehead atoms. The molecule has 3 aromatic carbocycles. The quantitative estimate of drug-likeness (QED) is 0.521. The van der Waals surface area contributed by atoms with Gasteiger partial charge in [-0.15, -0.1) is 0 Å². The summed E-state index contributed by atoms with van der Waals surface area (Å²) in [5, 5.41) is 9.33. The largest absolute Gasteiger partial charge is 0.348 e. The summed E-state index contributed by atoms with van der Waals surface area (Å²) in [5.41, 5.74) is 4.20. The molecule has 0 aliphatic rings. The molecule has 2 nitrogen and oxygen atoms in total. The van der Waals surface area contributed by atoms with Gasteiger partial charge >= 0.3 is 0 Å². The molecule has 0 fully saturated rings. The van der Waals surface area contributed by atoms with Crippen LogP contribution in [0.4, 0.5) is 0 Å². The van der Waals surface area contributed by atoms with Crippen LogP contribution in [0.1, 0.15) is 15.9 Å². The van der Waals surface area contributed by atoms with Gasteiger partial charge in [-0.05, 0) is 50.4 Å². The minimum Gasteiger partial charge on any atom is -0.348 e. The lowest BCUT2D eigenvalue weighted by atomic mass is 10.0. The van der Waals surface area contributed by atoms with Gasteiger partial charge in [-0.25, -0.2) is 0 Å². The van der Waals surface area contributed by atoms with Crippen LogP contribution in [0.3, 0.4) is 0 Å². The van der Waals surface area contributed by atoms with E-state index in [2.05, 4.69) is 34.3 Å². The fraction of sp³-hybridized carbons (Fsp3) is 0.0455. The lowest BCUT2D eigenvalue weighted by molar-refractivity contribution is 0.0952. The minimum absolute atomic E-state index is 0.0445. The van der Waals surface area contributed by atoms with Gasteiger partial charge in [-0.3, -0.25) is 4.79 Å². The second kappa shape index (κ2) is 6.91. The highest BCUT2D eigenvalue weighted by atomic mass is 32.1. The van der Waals surface area contributed by atoms with Gasteiger partial charge < -0.3 is 5.32 Å². The molecule has 0 aliphatic carbocycles. The molecule has 0 atom stereocenters. The number of nitrogens with one attached hydrogen (secondary N) is 1. The molecule has 4 aromatic rings. The van der Waals surface area contributed by atoms with E-state index in [4.69, 9.17) is 0 Å². The number of carbonyl (C=O) groups is 1. The van der Waals surface area contributed by atoms with Crippen LogP contribution in [0.5, 0.6) is 0 Å². The van der Waals surface area contributed by atoms with Gasteiger partial charge in [0.2, 0.25) is 0 Å². The first-order valence-corrected chi connectivity index (χ1v) is 9.13. The zero-order valence-electron chi connectivity index (χ0n) is 13.6. The van der Waals surface area contributed by atoms with Crippen LogP contribution in [0, 0.1) is 0 Å². The normalized spacial score (nSPS) is 10.7. The van der Waals surface area contributed by atoms with E-state index in [0.29, 0.717) is 12.1 Å². The maximum absolute atomic E-state index is 12.7. The molecular formula is C22H17NOS. The van der Waals surface area contributed by atoms with Gasteiger partial charge in [-0.2, -0.15) is 11.3 Å². The summed E-state index contributed by atoms with van der Waals surface area (Å²) in [6, 6.07) is 24.1. The number of hydrogen-bond acceptors (Lipinski definition) is 2. The first kappa shape index (κ1) is 15.6. The Morgan fingerprint density at radius 1 is 0.880 bits per heavy atom. The van der Waals surface area contributed by atoms with E-state index in [1.54, 1.807) is 11.3 Å². The lowest BCUT2D eigenvalue weighted by Crippen LogP contribution is -2.23. The van der Waals surface area contributed by atoms with E-state index in [9.17, 15) is 4.79 Å². The lowest BCUT2D eigenvalue weighted by Gasteiger charge is -2.11. The molecule has 0 aliphatic heterocycles. The summed E-state index contributed by atoms with van der Waals surface area (Å²) < 4.78 is 0. The number of rotatable bonds is 4. The second-order valence-corrected chi connectivity index (χ2v) is 6.66. The average molecular weight is 343 g/mol. The Morgan fingerprint density at radius 3 is 2.56 bits per heavy atom. The Balaban J connectivity index is 1.59. The summed E-state index contributed by atoms with van der Waals surface area (Å²) in [7, 11) is 0. The van der Waals surface area contributed by atoms with E-state index in [-0.39, 0.29) is 5.91 Å². The first-order chi connectivity index (χ1) is 12.3. The van der Waals surface area contributed by atoms with Crippen molar-refractivity contribution in [2.75, 3.05) is 0 Å². The molecule has 1 N–H and O–H groups in total. The Morgan fingerprint density at radius 2 is 1.68 bits per heavy atom. The van der Waals surface area contributed by atoms with Gasteiger partial charge in [0, 0.05) is 12.1 Å². The van der Waals surface area contributed by atoms with Gasteiger partial charge in [-0.1, -0.05) is 60.7 Å². The van der Waals surface area contributed by atoms with Crippen LogP contribution in [-0.4, -0.2) is 5.91 Å². The number of carbonyl (C=O) groups excluding carboxylic acids is 1. The molecule has 0 unspecified atom stereocenters. The van der Waals surface area contributed by atoms with Crippen LogP contribution >= 0.6 is 11.3 Å². The number of fused-ring (bicyclic) bond motifs is 1. The van der Waals surface area contributed by atoms with E-state index in [0.717, 1.165) is 16.3 Å². The minimum atomic E-state index is -0.0445.